The number of nitrogens with zero attached hydrogens (tertiary/aromatic N) is 1. The van der Waals surface area contributed by atoms with Gasteiger partial charge in [0.25, 0.3) is 0 Å². The highest BCUT2D eigenvalue weighted by Gasteiger charge is 2.32. The van der Waals surface area contributed by atoms with Gasteiger partial charge in [-0.25, -0.2) is 8.42 Å². The van der Waals surface area contributed by atoms with Crippen LogP contribution in [0.25, 0.3) is 0 Å². The number of rotatable bonds is 10. The second-order valence-electron chi connectivity index (χ2n) is 7.61. The van der Waals surface area contributed by atoms with Crippen molar-refractivity contribution in [1.29, 1.82) is 0 Å². The monoisotopic (exact) mass is 455 g/mol. The van der Waals surface area contributed by atoms with E-state index >= 15 is 0 Å². The summed E-state index contributed by atoms with van der Waals surface area (Å²) in [6.07, 6.45) is 1.93. The summed E-state index contributed by atoms with van der Waals surface area (Å²) in [7, 11) is -0.761. The van der Waals surface area contributed by atoms with Crippen LogP contribution in [0.5, 0.6) is 11.5 Å². The van der Waals surface area contributed by atoms with Crippen molar-refractivity contribution >= 4 is 21.8 Å². The summed E-state index contributed by atoms with van der Waals surface area (Å²) < 4.78 is 37.7. The van der Waals surface area contributed by atoms with E-state index in [2.05, 4.69) is 10.6 Å². The van der Waals surface area contributed by atoms with Gasteiger partial charge in [-0.3, -0.25) is 9.59 Å². The Morgan fingerprint density at radius 2 is 1.81 bits per heavy atom. The summed E-state index contributed by atoms with van der Waals surface area (Å²) in [6, 6.07) is 4.60. The first-order valence-electron chi connectivity index (χ1n) is 10.5. The van der Waals surface area contributed by atoms with E-state index in [9.17, 15) is 18.0 Å². The van der Waals surface area contributed by atoms with Gasteiger partial charge in [-0.15, -0.1) is 0 Å². The molecule has 2 N–H and O–H groups in total. The predicted molar refractivity (Wildman–Crippen MR) is 117 cm³/mol. The lowest BCUT2D eigenvalue weighted by Gasteiger charge is -2.30. The number of hydrogen-bond donors (Lipinski definition) is 2. The fourth-order valence-corrected chi connectivity index (χ4v) is 4.86. The van der Waals surface area contributed by atoms with Crippen molar-refractivity contribution in [3.63, 3.8) is 0 Å². The molecule has 0 radical (unpaired) electrons. The molecule has 31 heavy (non-hydrogen) atoms. The molecule has 1 saturated heterocycles. The third-order valence-electron chi connectivity index (χ3n) is 5.49. The van der Waals surface area contributed by atoms with E-state index in [1.165, 1.54) is 30.7 Å². The van der Waals surface area contributed by atoms with Crippen LogP contribution in [-0.2, 0) is 19.6 Å². The van der Waals surface area contributed by atoms with Crippen molar-refractivity contribution in [1.82, 2.24) is 14.9 Å². The average Bonchev–Trinajstić information content (AvgIpc) is 2.78. The first-order valence-corrected chi connectivity index (χ1v) is 12.0. The minimum Gasteiger partial charge on any atom is -0.493 e. The zero-order chi connectivity index (χ0) is 23.0. The Morgan fingerprint density at radius 1 is 1.16 bits per heavy atom. The van der Waals surface area contributed by atoms with Crippen LogP contribution in [0.4, 0.5) is 0 Å². The highest BCUT2D eigenvalue weighted by atomic mass is 32.2. The van der Waals surface area contributed by atoms with Gasteiger partial charge in [-0.2, -0.15) is 4.31 Å². The SMILES string of the molecule is CC[C@@H](C)NC(=O)CCNC(=O)C1CCN(S(=O)(=O)c2ccc(OC)c(OC)c2)CC1. The van der Waals surface area contributed by atoms with Crippen LogP contribution in [-0.4, -0.2) is 64.4 Å². The molecule has 1 aliphatic rings. The first-order chi connectivity index (χ1) is 14.7. The summed E-state index contributed by atoms with van der Waals surface area (Å²) in [5.74, 6) is 0.296. The van der Waals surface area contributed by atoms with Crippen LogP contribution in [0.3, 0.4) is 0 Å². The Hall–Kier alpha value is -2.33. The summed E-state index contributed by atoms with van der Waals surface area (Å²) in [5, 5.41) is 5.65. The summed E-state index contributed by atoms with van der Waals surface area (Å²) in [4.78, 5) is 24.3. The topological polar surface area (TPSA) is 114 Å². The standard InChI is InChI=1S/C21H33N3O6S/c1-5-15(2)23-20(25)8-11-22-21(26)16-9-12-24(13-10-16)31(27,28)17-6-7-18(29-3)19(14-17)30-4/h6-7,14-16H,5,8-13H2,1-4H3,(H,22,26)(H,23,25)/t15-/m1/s1. The van der Waals surface area contributed by atoms with E-state index in [4.69, 9.17) is 9.47 Å². The number of carbonyl (C=O) groups is 2. The minimum atomic E-state index is -3.70. The molecule has 0 aromatic heterocycles. The van der Waals surface area contributed by atoms with E-state index < -0.39 is 10.0 Å². The smallest absolute Gasteiger partial charge is 0.243 e. The lowest BCUT2D eigenvalue weighted by Crippen LogP contribution is -2.43. The maximum absolute atomic E-state index is 13.0. The molecule has 1 fully saturated rings. The van der Waals surface area contributed by atoms with Crippen molar-refractivity contribution in [2.75, 3.05) is 33.9 Å². The molecule has 10 heteroatoms. The van der Waals surface area contributed by atoms with Gasteiger partial charge in [0.05, 0.1) is 19.1 Å². The predicted octanol–water partition coefficient (Wildman–Crippen LogP) is 1.53. The molecule has 174 valence electrons. The first kappa shape index (κ1) is 24.9. The number of methoxy groups -OCH3 is 2. The number of carbonyl (C=O) groups excluding carboxylic acids is 2. The van der Waals surface area contributed by atoms with Crippen LogP contribution in [0, 0.1) is 5.92 Å². The molecule has 1 aliphatic heterocycles. The molecule has 9 nitrogen and oxygen atoms in total. The van der Waals surface area contributed by atoms with E-state index in [1.807, 2.05) is 13.8 Å². The number of benzene rings is 1. The third-order valence-corrected chi connectivity index (χ3v) is 7.38. The van der Waals surface area contributed by atoms with Gasteiger partial charge >= 0.3 is 0 Å². The van der Waals surface area contributed by atoms with Gasteiger partial charge in [0.15, 0.2) is 11.5 Å². The van der Waals surface area contributed by atoms with Crippen LogP contribution in [0.2, 0.25) is 0 Å². The Kier molecular flexibility index (Phi) is 9.12. The largest absolute Gasteiger partial charge is 0.493 e. The normalized spacial score (nSPS) is 16.4. The maximum Gasteiger partial charge on any atom is 0.243 e. The lowest BCUT2D eigenvalue weighted by atomic mass is 9.97. The molecule has 0 spiro atoms. The summed E-state index contributed by atoms with van der Waals surface area (Å²) in [5.41, 5.74) is 0. The molecule has 2 amide bonds. The molecule has 0 saturated carbocycles. The van der Waals surface area contributed by atoms with Gasteiger partial charge in [0, 0.05) is 44.1 Å². The Bertz CT molecular complexity index is 866. The van der Waals surface area contributed by atoms with Crippen molar-refractivity contribution in [2.24, 2.45) is 5.92 Å². The Balaban J connectivity index is 1.87. The maximum atomic E-state index is 13.0. The lowest BCUT2D eigenvalue weighted by molar-refractivity contribution is -0.126. The average molecular weight is 456 g/mol. The van der Waals surface area contributed by atoms with E-state index in [0.717, 1.165) is 6.42 Å². The van der Waals surface area contributed by atoms with Crippen LogP contribution < -0.4 is 20.1 Å². The van der Waals surface area contributed by atoms with Gasteiger partial charge < -0.3 is 20.1 Å². The van der Waals surface area contributed by atoms with Crippen molar-refractivity contribution in [3.05, 3.63) is 18.2 Å². The molecule has 2 rings (SSSR count). The Morgan fingerprint density at radius 3 is 2.39 bits per heavy atom. The number of ether oxygens (including phenoxy) is 2. The van der Waals surface area contributed by atoms with E-state index in [0.29, 0.717) is 24.3 Å². The molecular weight excluding hydrogens is 422 g/mol. The molecule has 1 aromatic carbocycles. The quantitative estimate of drug-likeness (QED) is 0.553. The van der Waals surface area contributed by atoms with Gasteiger partial charge in [-0.05, 0) is 38.3 Å². The highest BCUT2D eigenvalue weighted by molar-refractivity contribution is 7.89. The number of nitrogens with one attached hydrogen (secondary N) is 2. The number of amides is 2. The van der Waals surface area contributed by atoms with Crippen LogP contribution in [0.1, 0.15) is 39.5 Å². The molecule has 0 aliphatic carbocycles. The molecule has 1 atom stereocenters. The van der Waals surface area contributed by atoms with Gasteiger partial charge in [0.1, 0.15) is 0 Å². The Labute approximate surface area is 184 Å². The van der Waals surface area contributed by atoms with Crippen molar-refractivity contribution in [3.8, 4) is 11.5 Å². The number of hydrogen-bond acceptors (Lipinski definition) is 6. The molecule has 0 unspecified atom stereocenters. The van der Waals surface area contributed by atoms with Crippen molar-refractivity contribution in [2.45, 2.75) is 50.5 Å². The minimum absolute atomic E-state index is 0.0921. The summed E-state index contributed by atoms with van der Waals surface area (Å²) >= 11 is 0. The fourth-order valence-electron chi connectivity index (χ4n) is 3.38. The fraction of sp³-hybridized carbons (Fsp3) is 0.619. The van der Waals surface area contributed by atoms with Crippen LogP contribution >= 0.6 is 0 Å². The zero-order valence-corrected chi connectivity index (χ0v) is 19.5. The van der Waals surface area contributed by atoms with E-state index in [-0.39, 0.29) is 54.7 Å². The molecule has 1 aromatic rings. The zero-order valence-electron chi connectivity index (χ0n) is 18.6. The molecule has 0 bridgehead atoms. The number of sulfonamides is 1. The van der Waals surface area contributed by atoms with E-state index in [1.54, 1.807) is 6.07 Å². The van der Waals surface area contributed by atoms with Crippen LogP contribution in [0.15, 0.2) is 23.1 Å². The summed E-state index contributed by atoms with van der Waals surface area (Å²) in [6.45, 7) is 4.70. The van der Waals surface area contributed by atoms with Crippen molar-refractivity contribution < 1.29 is 27.5 Å². The second-order valence-corrected chi connectivity index (χ2v) is 9.55. The number of piperidine rings is 1. The van der Waals surface area contributed by atoms with Gasteiger partial charge in [-0.1, -0.05) is 6.92 Å². The highest BCUT2D eigenvalue weighted by Crippen LogP contribution is 2.31. The molecular formula is C21H33N3O6S. The second kappa shape index (κ2) is 11.3. The third kappa shape index (κ3) is 6.57. The molecule has 1 heterocycles. The van der Waals surface area contributed by atoms with Gasteiger partial charge in [0.2, 0.25) is 21.8 Å².